The molecule has 0 spiro atoms. The Morgan fingerprint density at radius 1 is 1.19 bits per heavy atom. The Morgan fingerprint density at radius 3 is 2.78 bits per heavy atom. The van der Waals surface area contributed by atoms with Gasteiger partial charge in [-0.05, 0) is 42.0 Å². The van der Waals surface area contributed by atoms with Crippen molar-refractivity contribution in [1.29, 1.82) is 0 Å². The number of nitro groups is 1. The third kappa shape index (κ3) is 4.90. The van der Waals surface area contributed by atoms with Gasteiger partial charge < -0.3 is 14.2 Å². The van der Waals surface area contributed by atoms with E-state index in [1.165, 1.54) is 23.0 Å². The van der Waals surface area contributed by atoms with Gasteiger partial charge in [-0.3, -0.25) is 14.9 Å². The molecule has 11 heteroatoms. The molecule has 0 atom stereocenters. The van der Waals surface area contributed by atoms with Gasteiger partial charge in [0.25, 0.3) is 5.56 Å². The molecular weight excluding hydrogens is 544 g/mol. The van der Waals surface area contributed by atoms with Crippen molar-refractivity contribution in [2.45, 2.75) is 26.4 Å². The summed E-state index contributed by atoms with van der Waals surface area (Å²) < 4.78 is 18.6. The van der Waals surface area contributed by atoms with Gasteiger partial charge in [0.05, 0.1) is 22.0 Å². The van der Waals surface area contributed by atoms with Gasteiger partial charge in [0.2, 0.25) is 12.5 Å². The molecule has 2 heterocycles. The molecule has 0 bridgehead atoms. The Balaban J connectivity index is 1.54. The number of para-hydroxylation sites is 1. The summed E-state index contributed by atoms with van der Waals surface area (Å²) in [4.78, 5) is 29.2. The number of aromatic nitrogens is 2. The van der Waals surface area contributed by atoms with E-state index in [4.69, 9.17) is 14.2 Å². The summed E-state index contributed by atoms with van der Waals surface area (Å²) in [6.45, 7) is 4.01. The maximum atomic E-state index is 13.3. The van der Waals surface area contributed by atoms with E-state index in [9.17, 15) is 14.9 Å². The fourth-order valence-electron chi connectivity index (χ4n) is 3.90. The van der Waals surface area contributed by atoms with Crippen molar-refractivity contribution in [3.8, 4) is 17.2 Å². The molecule has 0 fully saturated rings. The summed E-state index contributed by atoms with van der Waals surface area (Å²) in [6, 6.07) is 15.1. The van der Waals surface area contributed by atoms with E-state index in [1.807, 2.05) is 19.9 Å². The second-order valence-corrected chi connectivity index (χ2v) is 9.49. The summed E-state index contributed by atoms with van der Waals surface area (Å²) in [5.74, 6) is 1.60. The van der Waals surface area contributed by atoms with Crippen molar-refractivity contribution in [3.05, 3.63) is 96.5 Å². The van der Waals surface area contributed by atoms with Gasteiger partial charge in [0, 0.05) is 22.0 Å². The zero-order valence-corrected chi connectivity index (χ0v) is 21.5. The molecule has 0 saturated heterocycles. The van der Waals surface area contributed by atoms with Crippen LogP contribution in [0.15, 0.2) is 69.0 Å². The van der Waals surface area contributed by atoms with Crippen LogP contribution in [-0.4, -0.2) is 27.6 Å². The molecule has 1 aliphatic rings. The average Bonchev–Trinajstić information content (AvgIpc) is 3.35. The highest BCUT2D eigenvalue weighted by atomic mass is 79.9. The summed E-state index contributed by atoms with van der Waals surface area (Å²) >= 11 is 3.39. The Labute approximate surface area is 219 Å². The van der Waals surface area contributed by atoms with Gasteiger partial charge in [-0.1, -0.05) is 41.9 Å². The first-order valence-electron chi connectivity index (χ1n) is 11.4. The fourth-order valence-corrected chi connectivity index (χ4v) is 4.26. The van der Waals surface area contributed by atoms with Gasteiger partial charge in [-0.25, -0.2) is 4.98 Å². The van der Waals surface area contributed by atoms with Crippen LogP contribution < -0.4 is 19.8 Å². The predicted octanol–water partition coefficient (Wildman–Crippen LogP) is 5.38. The number of nitrogens with zero attached hydrogens (tertiary/aromatic N) is 4. The summed E-state index contributed by atoms with van der Waals surface area (Å²) in [5.41, 5.74) is 1.08. The molecule has 5 rings (SSSR count). The molecule has 4 aromatic rings. The number of nitro benzene ring substituents is 1. The van der Waals surface area contributed by atoms with E-state index in [0.29, 0.717) is 33.8 Å². The lowest BCUT2D eigenvalue weighted by Crippen LogP contribution is -2.23. The first-order valence-corrected chi connectivity index (χ1v) is 12.2. The molecule has 0 aliphatic carbocycles. The highest BCUT2D eigenvalue weighted by molar-refractivity contribution is 9.10. The maximum Gasteiger partial charge on any atom is 0.311 e. The van der Waals surface area contributed by atoms with Crippen molar-refractivity contribution in [3.63, 3.8) is 0 Å². The summed E-state index contributed by atoms with van der Waals surface area (Å²) in [5, 5.41) is 16.6. The monoisotopic (exact) mass is 564 g/mol. The lowest BCUT2D eigenvalue weighted by atomic mass is 10.1. The molecule has 37 heavy (non-hydrogen) atoms. The standard InChI is InChI=1S/C26H21BrN4O6/c1-15(2)25-29-20-8-7-18(27)11-19(20)26(32)30(25)28-12-17-4-3-5-21(31(33)34)24(17)35-13-16-6-9-22-23(10-16)37-14-36-22/h3-12,15H,13-14H2,1-2H3. The Bertz CT molecular complexity index is 1620. The third-order valence-electron chi connectivity index (χ3n) is 5.70. The van der Waals surface area contributed by atoms with E-state index in [0.717, 1.165) is 10.0 Å². The van der Waals surface area contributed by atoms with E-state index in [2.05, 4.69) is 26.0 Å². The van der Waals surface area contributed by atoms with Crippen LogP contribution >= 0.6 is 15.9 Å². The number of rotatable bonds is 7. The minimum absolute atomic E-state index is 0.0320. The van der Waals surface area contributed by atoms with Gasteiger partial charge in [0.1, 0.15) is 12.4 Å². The SMILES string of the molecule is CC(C)c1nc2ccc(Br)cc2c(=O)n1N=Cc1cccc([N+](=O)[O-])c1OCc1ccc2c(c1)OCO2. The Kier molecular flexibility index (Phi) is 6.62. The van der Waals surface area contributed by atoms with Crippen LogP contribution in [0.25, 0.3) is 10.9 Å². The number of ether oxygens (including phenoxy) is 3. The molecule has 0 radical (unpaired) electrons. The van der Waals surface area contributed by atoms with E-state index < -0.39 is 4.92 Å². The molecule has 10 nitrogen and oxygen atoms in total. The van der Waals surface area contributed by atoms with Crippen LogP contribution in [0.1, 0.15) is 36.7 Å². The molecule has 1 aliphatic heterocycles. The average molecular weight is 565 g/mol. The minimum atomic E-state index is -0.521. The maximum absolute atomic E-state index is 13.3. The lowest BCUT2D eigenvalue weighted by Gasteiger charge is -2.13. The molecule has 0 N–H and O–H groups in total. The number of fused-ring (bicyclic) bond motifs is 2. The van der Waals surface area contributed by atoms with Crippen LogP contribution in [0.5, 0.6) is 17.2 Å². The Morgan fingerprint density at radius 2 is 2.00 bits per heavy atom. The van der Waals surface area contributed by atoms with E-state index in [1.54, 1.807) is 36.4 Å². The van der Waals surface area contributed by atoms with Crippen molar-refractivity contribution >= 4 is 38.7 Å². The number of halogens is 1. The van der Waals surface area contributed by atoms with Crippen LogP contribution in [0, 0.1) is 10.1 Å². The second kappa shape index (κ2) is 10.0. The quantitative estimate of drug-likeness (QED) is 0.168. The van der Waals surface area contributed by atoms with Gasteiger partial charge in [-0.2, -0.15) is 9.78 Å². The molecule has 0 unspecified atom stereocenters. The number of benzene rings is 3. The zero-order chi connectivity index (χ0) is 26.1. The molecule has 0 amide bonds. The Hall–Kier alpha value is -4.25. The molecular formula is C26H21BrN4O6. The van der Waals surface area contributed by atoms with Gasteiger partial charge >= 0.3 is 5.69 Å². The van der Waals surface area contributed by atoms with E-state index >= 15 is 0 Å². The topological polar surface area (TPSA) is 118 Å². The molecule has 188 valence electrons. The molecule has 1 aromatic heterocycles. The minimum Gasteiger partial charge on any atom is -0.481 e. The second-order valence-electron chi connectivity index (χ2n) is 8.58. The largest absolute Gasteiger partial charge is 0.481 e. The number of hydrogen-bond donors (Lipinski definition) is 0. The zero-order valence-electron chi connectivity index (χ0n) is 19.9. The summed E-state index contributed by atoms with van der Waals surface area (Å²) in [6.07, 6.45) is 1.38. The van der Waals surface area contributed by atoms with Crippen molar-refractivity contribution < 1.29 is 19.1 Å². The highest BCUT2D eigenvalue weighted by Crippen LogP contribution is 2.34. The van der Waals surface area contributed by atoms with Crippen molar-refractivity contribution in [2.75, 3.05) is 6.79 Å². The first kappa shape index (κ1) is 24.4. The van der Waals surface area contributed by atoms with Crippen LogP contribution in [0.2, 0.25) is 0 Å². The molecule has 0 saturated carbocycles. The first-order chi connectivity index (χ1) is 17.8. The van der Waals surface area contributed by atoms with Crippen LogP contribution in [-0.2, 0) is 6.61 Å². The highest BCUT2D eigenvalue weighted by Gasteiger charge is 2.20. The van der Waals surface area contributed by atoms with Gasteiger partial charge in [-0.15, -0.1) is 0 Å². The van der Waals surface area contributed by atoms with Gasteiger partial charge in [0.15, 0.2) is 11.5 Å². The van der Waals surface area contributed by atoms with Crippen molar-refractivity contribution in [1.82, 2.24) is 9.66 Å². The molecule has 3 aromatic carbocycles. The van der Waals surface area contributed by atoms with Crippen LogP contribution in [0.4, 0.5) is 5.69 Å². The van der Waals surface area contributed by atoms with Crippen molar-refractivity contribution in [2.24, 2.45) is 5.10 Å². The number of hydrogen-bond acceptors (Lipinski definition) is 8. The lowest BCUT2D eigenvalue weighted by molar-refractivity contribution is -0.385. The van der Waals surface area contributed by atoms with Crippen LogP contribution in [0.3, 0.4) is 0 Å². The summed E-state index contributed by atoms with van der Waals surface area (Å²) in [7, 11) is 0. The normalized spacial score (nSPS) is 12.5. The predicted molar refractivity (Wildman–Crippen MR) is 141 cm³/mol. The fraction of sp³-hybridized carbons (Fsp3) is 0.192. The smallest absolute Gasteiger partial charge is 0.311 e. The van der Waals surface area contributed by atoms with E-state index in [-0.39, 0.29) is 36.3 Å². The third-order valence-corrected chi connectivity index (χ3v) is 6.20.